The summed E-state index contributed by atoms with van der Waals surface area (Å²) in [4.78, 5) is 0. The monoisotopic (exact) mass is 374 g/mol. The Bertz CT molecular complexity index is 538. The van der Waals surface area contributed by atoms with Gasteiger partial charge < -0.3 is 0 Å². The molecule has 0 aliphatic carbocycles. The quantitative estimate of drug-likeness (QED) is 0.490. The van der Waals surface area contributed by atoms with E-state index in [4.69, 9.17) is 5.84 Å². The molecular weight excluding hydrogens is 361 g/mol. The Morgan fingerprint density at radius 1 is 1.05 bits per heavy atom. The second-order valence-electron chi connectivity index (χ2n) is 4.18. The first kappa shape index (κ1) is 14.4. The number of nitrogens with one attached hydrogen (secondary N) is 1. The van der Waals surface area contributed by atoms with Gasteiger partial charge in [-0.15, -0.1) is 0 Å². The Morgan fingerprint density at radius 3 is 2.16 bits per heavy atom. The Labute approximate surface area is 124 Å². The Kier molecular flexibility index (Phi) is 4.84. The number of nitrogens with two attached hydrogens (primary N) is 1. The van der Waals surface area contributed by atoms with Crippen LogP contribution in [-0.4, -0.2) is 0 Å². The molecule has 2 aromatic rings. The molecule has 0 spiro atoms. The average molecular weight is 374 g/mol. The van der Waals surface area contributed by atoms with E-state index in [1.165, 1.54) is 18.2 Å². The van der Waals surface area contributed by atoms with Gasteiger partial charge >= 0.3 is 0 Å². The standard InChI is InChI=1S/C14H13F2IN2/c15-12-2-1-3-13(16)11(12)8-14(19-18)9-4-6-10(17)7-5-9/h1-7,14,19H,8,18H2. The molecule has 0 amide bonds. The van der Waals surface area contributed by atoms with Crippen LogP contribution in [-0.2, 0) is 6.42 Å². The van der Waals surface area contributed by atoms with Crippen LogP contribution in [0.5, 0.6) is 0 Å². The molecule has 100 valence electrons. The summed E-state index contributed by atoms with van der Waals surface area (Å²) in [6.45, 7) is 0. The fourth-order valence-corrected chi connectivity index (χ4v) is 2.26. The topological polar surface area (TPSA) is 38.0 Å². The van der Waals surface area contributed by atoms with Gasteiger partial charge in [0.25, 0.3) is 0 Å². The lowest BCUT2D eigenvalue weighted by molar-refractivity contribution is 0.500. The highest BCUT2D eigenvalue weighted by Crippen LogP contribution is 2.22. The molecule has 0 saturated carbocycles. The summed E-state index contributed by atoms with van der Waals surface area (Å²) >= 11 is 2.19. The van der Waals surface area contributed by atoms with Crippen LogP contribution in [0.2, 0.25) is 0 Å². The summed E-state index contributed by atoms with van der Waals surface area (Å²) in [5.41, 5.74) is 3.54. The van der Waals surface area contributed by atoms with Gasteiger partial charge in [-0.1, -0.05) is 18.2 Å². The summed E-state index contributed by atoms with van der Waals surface area (Å²) in [5, 5.41) is 0. The Hall–Kier alpha value is -1.05. The number of hydrogen-bond donors (Lipinski definition) is 2. The zero-order valence-electron chi connectivity index (χ0n) is 10.0. The molecule has 2 aromatic carbocycles. The third kappa shape index (κ3) is 3.49. The predicted octanol–water partition coefficient (Wildman–Crippen LogP) is 3.32. The second-order valence-corrected chi connectivity index (χ2v) is 5.42. The molecule has 1 atom stereocenters. The average Bonchev–Trinajstić information content (AvgIpc) is 2.40. The van der Waals surface area contributed by atoms with Gasteiger partial charge in [0.15, 0.2) is 0 Å². The van der Waals surface area contributed by atoms with Gasteiger partial charge in [-0.3, -0.25) is 11.3 Å². The van der Waals surface area contributed by atoms with Gasteiger partial charge in [0.2, 0.25) is 0 Å². The smallest absolute Gasteiger partial charge is 0.129 e. The van der Waals surface area contributed by atoms with E-state index in [1.54, 1.807) is 0 Å². The SMILES string of the molecule is NNC(Cc1c(F)cccc1F)c1ccc(I)cc1. The highest BCUT2D eigenvalue weighted by Gasteiger charge is 2.16. The van der Waals surface area contributed by atoms with Crippen molar-refractivity contribution >= 4 is 22.6 Å². The normalized spacial score (nSPS) is 12.4. The van der Waals surface area contributed by atoms with Crippen molar-refractivity contribution in [2.75, 3.05) is 0 Å². The highest BCUT2D eigenvalue weighted by atomic mass is 127. The first-order chi connectivity index (χ1) is 9.11. The molecule has 0 aliphatic rings. The van der Waals surface area contributed by atoms with Crippen LogP contribution >= 0.6 is 22.6 Å². The molecule has 0 aliphatic heterocycles. The van der Waals surface area contributed by atoms with Crippen LogP contribution in [0.25, 0.3) is 0 Å². The van der Waals surface area contributed by atoms with Crippen LogP contribution in [0.15, 0.2) is 42.5 Å². The van der Waals surface area contributed by atoms with Gasteiger partial charge in [0, 0.05) is 9.13 Å². The summed E-state index contributed by atoms with van der Waals surface area (Å²) < 4.78 is 28.3. The number of hydrazine groups is 1. The minimum atomic E-state index is -0.550. The number of halogens is 3. The Balaban J connectivity index is 2.26. The summed E-state index contributed by atoms with van der Waals surface area (Å²) in [6, 6.07) is 11.2. The maximum Gasteiger partial charge on any atom is 0.129 e. The van der Waals surface area contributed by atoms with Crippen molar-refractivity contribution in [3.63, 3.8) is 0 Å². The van der Waals surface area contributed by atoms with E-state index in [2.05, 4.69) is 28.0 Å². The van der Waals surface area contributed by atoms with Crippen molar-refractivity contribution in [2.24, 2.45) is 5.84 Å². The van der Waals surface area contributed by atoms with E-state index in [-0.39, 0.29) is 18.0 Å². The van der Waals surface area contributed by atoms with Crippen molar-refractivity contribution < 1.29 is 8.78 Å². The van der Waals surface area contributed by atoms with E-state index < -0.39 is 11.6 Å². The fourth-order valence-electron chi connectivity index (χ4n) is 1.90. The third-order valence-electron chi connectivity index (χ3n) is 2.94. The van der Waals surface area contributed by atoms with Gasteiger partial charge in [0.1, 0.15) is 11.6 Å². The molecule has 0 radical (unpaired) electrons. The third-order valence-corrected chi connectivity index (χ3v) is 3.66. The maximum absolute atomic E-state index is 13.6. The Morgan fingerprint density at radius 2 is 1.63 bits per heavy atom. The highest BCUT2D eigenvalue weighted by molar-refractivity contribution is 14.1. The molecule has 3 N–H and O–H groups in total. The number of hydrogen-bond acceptors (Lipinski definition) is 2. The van der Waals surface area contributed by atoms with E-state index in [0.717, 1.165) is 9.13 Å². The minimum absolute atomic E-state index is 0.0454. The summed E-state index contributed by atoms with van der Waals surface area (Å²) in [7, 11) is 0. The summed E-state index contributed by atoms with van der Waals surface area (Å²) in [5.74, 6) is 4.39. The van der Waals surface area contributed by atoms with Gasteiger partial charge in [-0.05, 0) is 58.8 Å². The van der Waals surface area contributed by atoms with Crippen LogP contribution in [0, 0.1) is 15.2 Å². The predicted molar refractivity (Wildman–Crippen MR) is 79.3 cm³/mol. The molecular formula is C14H13F2IN2. The fraction of sp³-hybridized carbons (Fsp3) is 0.143. The molecule has 0 saturated heterocycles. The molecule has 1 unspecified atom stereocenters. The van der Waals surface area contributed by atoms with Gasteiger partial charge in [0.05, 0.1) is 6.04 Å². The van der Waals surface area contributed by atoms with Gasteiger partial charge in [-0.25, -0.2) is 8.78 Å². The zero-order chi connectivity index (χ0) is 13.8. The largest absolute Gasteiger partial charge is 0.271 e. The van der Waals surface area contributed by atoms with E-state index in [1.807, 2.05) is 24.3 Å². The van der Waals surface area contributed by atoms with Crippen LogP contribution in [0.1, 0.15) is 17.2 Å². The first-order valence-electron chi connectivity index (χ1n) is 5.76. The van der Waals surface area contributed by atoms with Crippen molar-refractivity contribution in [1.29, 1.82) is 0 Å². The molecule has 0 heterocycles. The molecule has 5 heteroatoms. The van der Waals surface area contributed by atoms with Crippen molar-refractivity contribution in [1.82, 2.24) is 5.43 Å². The zero-order valence-corrected chi connectivity index (χ0v) is 12.2. The van der Waals surface area contributed by atoms with Gasteiger partial charge in [-0.2, -0.15) is 0 Å². The lowest BCUT2D eigenvalue weighted by atomic mass is 9.99. The van der Waals surface area contributed by atoms with Crippen LogP contribution < -0.4 is 11.3 Å². The van der Waals surface area contributed by atoms with E-state index >= 15 is 0 Å². The molecule has 2 rings (SSSR count). The molecule has 0 bridgehead atoms. The molecule has 0 aromatic heterocycles. The molecule has 0 fully saturated rings. The van der Waals surface area contributed by atoms with Crippen molar-refractivity contribution in [2.45, 2.75) is 12.5 Å². The molecule has 2 nitrogen and oxygen atoms in total. The minimum Gasteiger partial charge on any atom is -0.271 e. The second kappa shape index (κ2) is 6.40. The lowest BCUT2D eigenvalue weighted by Gasteiger charge is -2.17. The lowest BCUT2D eigenvalue weighted by Crippen LogP contribution is -2.30. The van der Waals surface area contributed by atoms with E-state index in [0.29, 0.717) is 0 Å². The number of rotatable bonds is 4. The summed E-state index contributed by atoms with van der Waals surface area (Å²) in [6.07, 6.45) is 0.162. The van der Waals surface area contributed by atoms with Crippen LogP contribution in [0.4, 0.5) is 8.78 Å². The maximum atomic E-state index is 13.6. The first-order valence-corrected chi connectivity index (χ1v) is 6.84. The van der Waals surface area contributed by atoms with Crippen LogP contribution in [0.3, 0.4) is 0 Å². The molecule has 19 heavy (non-hydrogen) atoms. The number of benzene rings is 2. The van der Waals surface area contributed by atoms with Crippen molar-refractivity contribution in [3.05, 3.63) is 68.8 Å². The van der Waals surface area contributed by atoms with Crippen molar-refractivity contribution in [3.8, 4) is 0 Å². The van der Waals surface area contributed by atoms with E-state index in [9.17, 15) is 8.78 Å².